The second-order valence-electron chi connectivity index (χ2n) is 6.19. The number of nitrogens with two attached hydrogens (primary N) is 1. The number of likely N-dealkylation sites (tertiary alicyclic amines) is 1. The summed E-state index contributed by atoms with van der Waals surface area (Å²) in [7, 11) is 0. The lowest BCUT2D eigenvalue weighted by Crippen LogP contribution is -2.38. The number of rotatable bonds is 3. The number of esters is 1. The number of nitrogens with zero attached hydrogens (tertiary/aromatic N) is 2. The Hall–Kier alpha value is -2.15. The predicted octanol–water partition coefficient (Wildman–Crippen LogP) is 2.66. The number of aryl methyl sites for hydroxylation is 2. The summed E-state index contributed by atoms with van der Waals surface area (Å²) in [6, 6.07) is 1.93. The molecular formula is C17H21N3O3S. The van der Waals surface area contributed by atoms with Gasteiger partial charge in [0.25, 0.3) is 5.91 Å². The van der Waals surface area contributed by atoms with E-state index in [2.05, 4.69) is 4.98 Å². The molecule has 1 fully saturated rings. The number of aromatic nitrogens is 1. The van der Waals surface area contributed by atoms with Crippen LogP contribution in [0.2, 0.25) is 0 Å². The zero-order valence-electron chi connectivity index (χ0n) is 14.1. The number of amides is 1. The van der Waals surface area contributed by atoms with Crippen molar-refractivity contribution in [1.82, 2.24) is 9.88 Å². The third-order valence-corrected chi connectivity index (χ3v) is 5.34. The predicted molar refractivity (Wildman–Crippen MR) is 94.2 cm³/mol. The number of hydrogen-bond donors (Lipinski definition) is 1. The molecular weight excluding hydrogens is 326 g/mol. The number of thiophene rings is 1. The minimum Gasteiger partial charge on any atom is -0.448 e. The Bertz CT molecular complexity index is 809. The zero-order valence-corrected chi connectivity index (χ0v) is 14.9. The van der Waals surface area contributed by atoms with Gasteiger partial charge in [-0.1, -0.05) is 0 Å². The van der Waals surface area contributed by atoms with Gasteiger partial charge in [-0.25, -0.2) is 9.78 Å². The summed E-state index contributed by atoms with van der Waals surface area (Å²) in [5, 5.41) is 0.788. The van der Waals surface area contributed by atoms with Gasteiger partial charge >= 0.3 is 5.97 Å². The van der Waals surface area contributed by atoms with E-state index in [9.17, 15) is 9.59 Å². The topological polar surface area (TPSA) is 85.5 Å². The number of carbonyl (C=O) groups excluding carboxylic acids is 2. The zero-order chi connectivity index (χ0) is 17.4. The third-order valence-electron chi connectivity index (χ3n) is 4.26. The molecule has 0 bridgehead atoms. The van der Waals surface area contributed by atoms with E-state index in [1.807, 2.05) is 19.9 Å². The average molecular weight is 347 g/mol. The van der Waals surface area contributed by atoms with Crippen LogP contribution in [0.5, 0.6) is 0 Å². The van der Waals surface area contributed by atoms with Crippen LogP contribution in [-0.4, -0.2) is 41.0 Å². The quantitative estimate of drug-likeness (QED) is 0.863. The van der Waals surface area contributed by atoms with Gasteiger partial charge in [0.1, 0.15) is 9.71 Å². The summed E-state index contributed by atoms with van der Waals surface area (Å²) >= 11 is 1.21. The molecule has 128 valence electrons. The molecule has 1 saturated heterocycles. The Kier molecular flexibility index (Phi) is 4.45. The number of fused-ring (bicyclic) bond motifs is 1. The molecule has 0 saturated carbocycles. The van der Waals surface area contributed by atoms with Crippen molar-refractivity contribution in [2.45, 2.75) is 39.7 Å². The Labute approximate surface area is 144 Å². The van der Waals surface area contributed by atoms with E-state index in [-0.39, 0.29) is 5.91 Å². The standard InChI is InChI=1S/C17H21N3O3S/c1-9-8-10(2)19-15-12(9)13(18)14(24-15)17(22)23-11(3)16(21)20-6-4-5-7-20/h8,11H,4-7,18H2,1-3H3. The van der Waals surface area contributed by atoms with Gasteiger partial charge in [-0.05, 0) is 45.2 Å². The summed E-state index contributed by atoms with van der Waals surface area (Å²) in [4.78, 5) is 31.9. The van der Waals surface area contributed by atoms with Crippen LogP contribution in [-0.2, 0) is 9.53 Å². The molecule has 2 N–H and O–H groups in total. The van der Waals surface area contributed by atoms with Crippen molar-refractivity contribution in [2.24, 2.45) is 0 Å². The van der Waals surface area contributed by atoms with Gasteiger partial charge in [-0.3, -0.25) is 4.79 Å². The average Bonchev–Trinajstić information content (AvgIpc) is 3.14. The molecule has 0 radical (unpaired) electrons. The summed E-state index contributed by atoms with van der Waals surface area (Å²) in [6.45, 7) is 6.91. The maximum Gasteiger partial charge on any atom is 0.351 e. The second kappa shape index (κ2) is 6.39. The Morgan fingerprint density at radius 2 is 2.00 bits per heavy atom. The SMILES string of the molecule is Cc1cc(C)c2c(N)c(C(=O)OC(C)C(=O)N3CCCC3)sc2n1. The fourth-order valence-electron chi connectivity index (χ4n) is 3.08. The van der Waals surface area contributed by atoms with Crippen LogP contribution in [0, 0.1) is 13.8 Å². The maximum absolute atomic E-state index is 12.5. The number of anilines is 1. The Morgan fingerprint density at radius 1 is 1.33 bits per heavy atom. The van der Waals surface area contributed by atoms with Crippen LogP contribution >= 0.6 is 11.3 Å². The van der Waals surface area contributed by atoms with Crippen LogP contribution in [0.4, 0.5) is 5.69 Å². The van der Waals surface area contributed by atoms with Crippen molar-refractivity contribution >= 4 is 39.1 Å². The van der Waals surface area contributed by atoms with Crippen LogP contribution < -0.4 is 5.73 Å². The van der Waals surface area contributed by atoms with Crippen molar-refractivity contribution in [3.63, 3.8) is 0 Å². The van der Waals surface area contributed by atoms with Gasteiger partial charge in [-0.2, -0.15) is 0 Å². The molecule has 6 nitrogen and oxygen atoms in total. The molecule has 1 aliphatic heterocycles. The van der Waals surface area contributed by atoms with Crippen molar-refractivity contribution < 1.29 is 14.3 Å². The first kappa shape index (κ1) is 16.7. The smallest absolute Gasteiger partial charge is 0.351 e. The van der Waals surface area contributed by atoms with Gasteiger partial charge in [0.05, 0.1) is 5.69 Å². The minimum atomic E-state index is -0.809. The van der Waals surface area contributed by atoms with Crippen molar-refractivity contribution in [2.75, 3.05) is 18.8 Å². The van der Waals surface area contributed by atoms with E-state index in [1.54, 1.807) is 11.8 Å². The van der Waals surface area contributed by atoms with E-state index in [0.717, 1.165) is 47.4 Å². The van der Waals surface area contributed by atoms with Gasteiger partial charge < -0.3 is 15.4 Å². The normalized spacial score (nSPS) is 15.7. The molecule has 0 aromatic carbocycles. The van der Waals surface area contributed by atoms with Crippen molar-refractivity contribution in [1.29, 1.82) is 0 Å². The molecule has 0 aliphatic carbocycles. The van der Waals surface area contributed by atoms with Crippen molar-refractivity contribution in [3.8, 4) is 0 Å². The molecule has 1 unspecified atom stereocenters. The highest BCUT2D eigenvalue weighted by atomic mass is 32.1. The number of pyridine rings is 1. The number of ether oxygens (including phenoxy) is 1. The van der Waals surface area contributed by atoms with E-state index in [0.29, 0.717) is 10.6 Å². The Morgan fingerprint density at radius 3 is 2.67 bits per heavy atom. The van der Waals surface area contributed by atoms with Crippen LogP contribution in [0.15, 0.2) is 6.07 Å². The van der Waals surface area contributed by atoms with Gasteiger partial charge in [0, 0.05) is 24.2 Å². The second-order valence-corrected chi connectivity index (χ2v) is 7.18. The number of nitrogen functional groups attached to an aromatic ring is 1. The minimum absolute atomic E-state index is 0.148. The highest BCUT2D eigenvalue weighted by Gasteiger charge is 2.28. The fourth-order valence-corrected chi connectivity index (χ4v) is 4.18. The molecule has 1 atom stereocenters. The lowest BCUT2D eigenvalue weighted by Gasteiger charge is -2.20. The largest absolute Gasteiger partial charge is 0.448 e. The number of carbonyl (C=O) groups is 2. The molecule has 2 aromatic heterocycles. The fraction of sp³-hybridized carbons (Fsp3) is 0.471. The van der Waals surface area contributed by atoms with E-state index >= 15 is 0 Å². The molecule has 1 aliphatic rings. The lowest BCUT2D eigenvalue weighted by molar-refractivity contribution is -0.138. The Balaban J connectivity index is 1.82. The monoisotopic (exact) mass is 347 g/mol. The lowest BCUT2D eigenvalue weighted by atomic mass is 10.1. The summed E-state index contributed by atoms with van der Waals surface area (Å²) < 4.78 is 5.36. The van der Waals surface area contributed by atoms with Gasteiger partial charge in [-0.15, -0.1) is 11.3 Å². The maximum atomic E-state index is 12.5. The van der Waals surface area contributed by atoms with E-state index in [4.69, 9.17) is 10.5 Å². The highest BCUT2D eigenvalue weighted by Crippen LogP contribution is 2.35. The molecule has 2 aromatic rings. The van der Waals surface area contributed by atoms with Crippen LogP contribution in [0.3, 0.4) is 0 Å². The first-order valence-corrected chi connectivity index (χ1v) is 8.86. The van der Waals surface area contributed by atoms with Crippen LogP contribution in [0.1, 0.15) is 40.7 Å². The molecule has 0 spiro atoms. The first-order chi connectivity index (χ1) is 11.4. The summed E-state index contributed by atoms with van der Waals surface area (Å²) in [6.07, 6.45) is 1.19. The summed E-state index contributed by atoms with van der Waals surface area (Å²) in [5.41, 5.74) is 8.37. The molecule has 3 heterocycles. The third kappa shape index (κ3) is 2.96. The summed E-state index contributed by atoms with van der Waals surface area (Å²) in [5.74, 6) is -0.710. The van der Waals surface area contributed by atoms with Crippen molar-refractivity contribution in [3.05, 3.63) is 22.2 Å². The first-order valence-electron chi connectivity index (χ1n) is 8.04. The van der Waals surface area contributed by atoms with Crippen LogP contribution in [0.25, 0.3) is 10.2 Å². The number of hydrogen-bond acceptors (Lipinski definition) is 6. The molecule has 3 rings (SSSR count). The molecule has 1 amide bonds. The van der Waals surface area contributed by atoms with Gasteiger partial charge in [0.15, 0.2) is 6.10 Å². The molecule has 7 heteroatoms. The van der Waals surface area contributed by atoms with E-state index < -0.39 is 12.1 Å². The van der Waals surface area contributed by atoms with E-state index in [1.165, 1.54) is 11.3 Å². The molecule has 24 heavy (non-hydrogen) atoms. The highest BCUT2D eigenvalue weighted by molar-refractivity contribution is 7.21. The van der Waals surface area contributed by atoms with Gasteiger partial charge in [0.2, 0.25) is 0 Å².